The Morgan fingerprint density at radius 1 is 1.32 bits per heavy atom. The van der Waals surface area contributed by atoms with Crippen LogP contribution in [0, 0.1) is 13.8 Å². The minimum atomic E-state index is -0.396. The van der Waals surface area contributed by atoms with Crippen LogP contribution in [0.4, 0.5) is 0 Å². The Hall–Kier alpha value is -2.21. The van der Waals surface area contributed by atoms with Gasteiger partial charge in [-0.2, -0.15) is 0 Å². The van der Waals surface area contributed by atoms with Crippen LogP contribution in [-0.4, -0.2) is 29.2 Å². The average molecular weight is 358 g/mol. The number of H-pyrrole nitrogens is 1. The molecule has 25 heavy (non-hydrogen) atoms. The van der Waals surface area contributed by atoms with Gasteiger partial charge in [0.2, 0.25) is 0 Å². The first kappa shape index (κ1) is 17.6. The van der Waals surface area contributed by atoms with Gasteiger partial charge >= 0.3 is 5.97 Å². The quantitative estimate of drug-likeness (QED) is 0.816. The molecule has 1 aliphatic heterocycles. The Morgan fingerprint density at radius 2 is 2.08 bits per heavy atom. The smallest absolute Gasteiger partial charge is 0.340 e. The molecule has 2 heterocycles. The lowest BCUT2D eigenvalue weighted by Gasteiger charge is -2.25. The van der Waals surface area contributed by atoms with Crippen LogP contribution >= 0.6 is 11.8 Å². The van der Waals surface area contributed by atoms with E-state index in [-0.39, 0.29) is 11.9 Å². The molecule has 6 heteroatoms. The molecule has 2 aromatic rings. The molecule has 1 aliphatic rings. The summed E-state index contributed by atoms with van der Waals surface area (Å²) in [5.74, 6) is 0.383. The van der Waals surface area contributed by atoms with Gasteiger partial charge in [0.15, 0.2) is 0 Å². The van der Waals surface area contributed by atoms with Gasteiger partial charge in [-0.3, -0.25) is 4.79 Å². The molecule has 0 saturated heterocycles. The molecule has 5 nitrogen and oxygen atoms in total. The van der Waals surface area contributed by atoms with Crippen LogP contribution < -0.4 is 5.32 Å². The number of hydrogen-bond acceptors (Lipinski definition) is 4. The fourth-order valence-electron chi connectivity index (χ4n) is 3.21. The zero-order chi connectivity index (χ0) is 18.0. The highest BCUT2D eigenvalue weighted by Crippen LogP contribution is 2.36. The number of amides is 1. The minimum Gasteiger partial charge on any atom is -0.462 e. The standard InChI is InChI=1S/C19H22N2O3S/c1-4-24-19(23)16-11(2)17(20-12(16)3)18(22)21-14-9-10-25-15-8-6-5-7-13(14)15/h5-8,14,20H,4,9-10H2,1-3H3,(H,21,22)/t14-/m1/s1. The van der Waals surface area contributed by atoms with Crippen molar-refractivity contribution in [2.75, 3.05) is 12.4 Å². The van der Waals surface area contributed by atoms with Crippen molar-refractivity contribution in [3.05, 3.63) is 52.3 Å². The minimum absolute atomic E-state index is 0.0148. The third-order valence-corrected chi connectivity index (χ3v) is 5.53. The molecule has 0 unspecified atom stereocenters. The lowest BCUT2D eigenvalue weighted by atomic mass is 10.0. The molecule has 1 aromatic carbocycles. The Balaban J connectivity index is 1.83. The summed E-state index contributed by atoms with van der Waals surface area (Å²) in [6.45, 7) is 5.63. The Morgan fingerprint density at radius 3 is 2.84 bits per heavy atom. The van der Waals surface area contributed by atoms with Gasteiger partial charge in [0.25, 0.3) is 5.91 Å². The van der Waals surface area contributed by atoms with Gasteiger partial charge < -0.3 is 15.0 Å². The van der Waals surface area contributed by atoms with Crippen LogP contribution in [0.1, 0.15) is 57.1 Å². The number of aromatic nitrogens is 1. The number of aryl methyl sites for hydroxylation is 1. The van der Waals surface area contributed by atoms with Crippen molar-refractivity contribution in [2.24, 2.45) is 0 Å². The number of carbonyl (C=O) groups excluding carboxylic acids is 2. The summed E-state index contributed by atoms with van der Waals surface area (Å²) < 4.78 is 5.09. The molecule has 0 aliphatic carbocycles. The topological polar surface area (TPSA) is 71.2 Å². The van der Waals surface area contributed by atoms with Crippen molar-refractivity contribution in [1.29, 1.82) is 0 Å². The van der Waals surface area contributed by atoms with Crippen LogP contribution in [0.15, 0.2) is 29.2 Å². The molecule has 1 atom stereocenters. The molecule has 0 radical (unpaired) electrons. The maximum atomic E-state index is 12.8. The summed E-state index contributed by atoms with van der Waals surface area (Å²) >= 11 is 1.81. The second kappa shape index (κ2) is 7.35. The van der Waals surface area contributed by atoms with Gasteiger partial charge in [-0.05, 0) is 44.4 Å². The molecular weight excluding hydrogens is 336 g/mol. The van der Waals surface area contributed by atoms with Crippen LogP contribution in [0.25, 0.3) is 0 Å². The number of hydrogen-bond donors (Lipinski definition) is 2. The van der Waals surface area contributed by atoms with Crippen molar-refractivity contribution < 1.29 is 14.3 Å². The molecule has 0 fully saturated rings. The summed E-state index contributed by atoms with van der Waals surface area (Å²) in [7, 11) is 0. The second-order valence-electron chi connectivity index (χ2n) is 6.05. The van der Waals surface area contributed by atoms with E-state index in [1.165, 1.54) is 4.90 Å². The molecule has 3 rings (SSSR count). The van der Waals surface area contributed by atoms with Gasteiger partial charge in [-0.25, -0.2) is 4.79 Å². The number of esters is 1. The van der Waals surface area contributed by atoms with E-state index in [0.717, 1.165) is 17.7 Å². The number of fused-ring (bicyclic) bond motifs is 1. The number of benzene rings is 1. The van der Waals surface area contributed by atoms with E-state index in [2.05, 4.69) is 22.4 Å². The highest BCUT2D eigenvalue weighted by Gasteiger charge is 2.26. The molecule has 0 bridgehead atoms. The zero-order valence-electron chi connectivity index (χ0n) is 14.6. The highest BCUT2D eigenvalue weighted by atomic mass is 32.2. The predicted molar refractivity (Wildman–Crippen MR) is 98.2 cm³/mol. The van der Waals surface area contributed by atoms with E-state index in [4.69, 9.17) is 4.74 Å². The lowest BCUT2D eigenvalue weighted by Crippen LogP contribution is -2.31. The third kappa shape index (κ3) is 3.44. The van der Waals surface area contributed by atoms with Gasteiger partial charge in [0.05, 0.1) is 18.2 Å². The number of thioether (sulfide) groups is 1. The first-order chi connectivity index (χ1) is 12.0. The molecule has 0 spiro atoms. The summed E-state index contributed by atoms with van der Waals surface area (Å²) in [4.78, 5) is 29.1. The van der Waals surface area contributed by atoms with Gasteiger partial charge in [0.1, 0.15) is 5.69 Å². The monoisotopic (exact) mass is 358 g/mol. The molecule has 0 saturated carbocycles. The van der Waals surface area contributed by atoms with Crippen molar-refractivity contribution in [2.45, 2.75) is 38.1 Å². The fourth-order valence-corrected chi connectivity index (χ4v) is 4.33. The summed E-state index contributed by atoms with van der Waals surface area (Å²) in [6, 6.07) is 8.14. The van der Waals surface area contributed by atoms with Gasteiger partial charge in [0, 0.05) is 16.3 Å². The van der Waals surface area contributed by atoms with Gasteiger partial charge in [-0.15, -0.1) is 11.8 Å². The highest BCUT2D eigenvalue weighted by molar-refractivity contribution is 7.99. The first-order valence-corrected chi connectivity index (χ1v) is 9.40. The Kier molecular flexibility index (Phi) is 5.18. The maximum absolute atomic E-state index is 12.8. The third-order valence-electron chi connectivity index (χ3n) is 4.41. The molecule has 1 aromatic heterocycles. The number of aromatic amines is 1. The number of carbonyl (C=O) groups is 2. The van der Waals surface area contributed by atoms with Crippen molar-refractivity contribution in [3.63, 3.8) is 0 Å². The van der Waals surface area contributed by atoms with Crippen LogP contribution in [0.3, 0.4) is 0 Å². The molecule has 2 N–H and O–H groups in total. The lowest BCUT2D eigenvalue weighted by molar-refractivity contribution is 0.0525. The van der Waals surface area contributed by atoms with E-state index in [1.807, 2.05) is 23.9 Å². The molecule has 132 valence electrons. The predicted octanol–water partition coefficient (Wildman–Crippen LogP) is 3.78. The molecule has 1 amide bonds. The molecular formula is C19H22N2O3S. The maximum Gasteiger partial charge on any atom is 0.340 e. The second-order valence-corrected chi connectivity index (χ2v) is 7.18. The first-order valence-electron chi connectivity index (χ1n) is 8.41. The Bertz CT molecular complexity index is 813. The normalized spacial score (nSPS) is 16.2. The number of rotatable bonds is 4. The average Bonchev–Trinajstić information content (AvgIpc) is 2.90. The SMILES string of the molecule is CCOC(=O)c1c(C)[nH]c(C(=O)N[C@@H]2CCSc3ccccc32)c1C. The van der Waals surface area contributed by atoms with Crippen molar-refractivity contribution >= 4 is 23.6 Å². The fraction of sp³-hybridized carbons (Fsp3) is 0.368. The Labute approximate surface area is 151 Å². The van der Waals surface area contributed by atoms with Crippen molar-refractivity contribution in [1.82, 2.24) is 10.3 Å². The zero-order valence-corrected chi connectivity index (χ0v) is 15.5. The van der Waals surface area contributed by atoms with E-state index in [0.29, 0.717) is 29.1 Å². The van der Waals surface area contributed by atoms with Crippen LogP contribution in [-0.2, 0) is 4.74 Å². The van der Waals surface area contributed by atoms with E-state index in [9.17, 15) is 9.59 Å². The van der Waals surface area contributed by atoms with E-state index < -0.39 is 5.97 Å². The van der Waals surface area contributed by atoms with E-state index >= 15 is 0 Å². The van der Waals surface area contributed by atoms with E-state index in [1.54, 1.807) is 20.8 Å². The summed E-state index contributed by atoms with van der Waals surface area (Å²) in [5.41, 5.74) is 3.31. The summed E-state index contributed by atoms with van der Waals surface area (Å²) in [6.07, 6.45) is 0.886. The van der Waals surface area contributed by atoms with Crippen molar-refractivity contribution in [3.8, 4) is 0 Å². The number of ether oxygens (including phenoxy) is 1. The van der Waals surface area contributed by atoms with Crippen LogP contribution in [0.2, 0.25) is 0 Å². The largest absolute Gasteiger partial charge is 0.462 e. The van der Waals surface area contributed by atoms with Gasteiger partial charge in [-0.1, -0.05) is 18.2 Å². The summed E-state index contributed by atoms with van der Waals surface area (Å²) in [5, 5.41) is 3.11. The number of nitrogens with one attached hydrogen (secondary N) is 2. The van der Waals surface area contributed by atoms with Crippen LogP contribution in [0.5, 0.6) is 0 Å².